The maximum absolute atomic E-state index is 13.0. The number of likely N-dealkylation sites (N-methyl/N-ethyl adjacent to an activating group) is 1. The Morgan fingerprint density at radius 1 is 1.12 bits per heavy atom. The Balaban J connectivity index is 1.38. The van der Waals surface area contributed by atoms with Gasteiger partial charge in [0.05, 0.1) is 7.05 Å². The van der Waals surface area contributed by atoms with Crippen molar-refractivity contribution in [1.29, 1.82) is 0 Å². The van der Waals surface area contributed by atoms with E-state index in [0.717, 1.165) is 24.3 Å². The Bertz CT molecular complexity index is 601. The number of amides is 1. The van der Waals surface area contributed by atoms with Gasteiger partial charge in [-0.3, -0.25) is 4.79 Å². The van der Waals surface area contributed by atoms with Gasteiger partial charge in [-0.25, -0.2) is 0 Å². The molecule has 0 aliphatic heterocycles. The van der Waals surface area contributed by atoms with Crippen LogP contribution < -0.4 is 10.2 Å². The van der Waals surface area contributed by atoms with Gasteiger partial charge < -0.3 is 10.2 Å². The number of aryl methyl sites for hydroxylation is 1. The molecule has 5 rings (SSSR count). The highest BCUT2D eigenvalue weighted by Gasteiger charge is 2.52. The van der Waals surface area contributed by atoms with Crippen LogP contribution >= 0.6 is 0 Å². The van der Waals surface area contributed by atoms with Crippen molar-refractivity contribution in [2.45, 2.75) is 70.5 Å². The van der Waals surface area contributed by atoms with Crippen molar-refractivity contribution in [2.75, 3.05) is 7.05 Å². The highest BCUT2D eigenvalue weighted by atomic mass is 16.2. The van der Waals surface area contributed by atoms with E-state index < -0.39 is 0 Å². The first-order valence-electron chi connectivity index (χ1n) is 10.1. The quantitative estimate of drug-likeness (QED) is 0.848. The summed E-state index contributed by atoms with van der Waals surface area (Å²) in [5.74, 6) is 2.88. The van der Waals surface area contributed by atoms with Crippen LogP contribution in [0.5, 0.6) is 0 Å². The standard InChI is InChI=1S/C22H32N2O/c1-15-4-6-17(7-5-15)14-24(3)16(2)21(25)23-22-11-18-8-19(12-22)10-20(9-18)13-22/h4-7,16,18-20H,8-14H2,1-3H3,(H,23,25)/p+1/t16-,18?,19?,20?,22?/m0/s1. The molecule has 136 valence electrons. The third kappa shape index (κ3) is 3.48. The van der Waals surface area contributed by atoms with E-state index in [0.29, 0.717) is 0 Å². The maximum Gasteiger partial charge on any atom is 0.278 e. The van der Waals surface area contributed by atoms with Gasteiger partial charge in [0, 0.05) is 11.1 Å². The van der Waals surface area contributed by atoms with Gasteiger partial charge in [0.2, 0.25) is 0 Å². The van der Waals surface area contributed by atoms with Crippen LogP contribution in [0.3, 0.4) is 0 Å². The minimum Gasteiger partial charge on any atom is -0.345 e. The van der Waals surface area contributed by atoms with E-state index in [2.05, 4.69) is 50.5 Å². The molecule has 0 radical (unpaired) electrons. The summed E-state index contributed by atoms with van der Waals surface area (Å²) in [5, 5.41) is 3.54. The third-order valence-corrected chi connectivity index (χ3v) is 7.16. The Hall–Kier alpha value is -1.35. The topological polar surface area (TPSA) is 33.5 Å². The van der Waals surface area contributed by atoms with Crippen molar-refractivity contribution in [3.8, 4) is 0 Å². The van der Waals surface area contributed by atoms with E-state index in [1.54, 1.807) is 0 Å². The van der Waals surface area contributed by atoms with E-state index in [9.17, 15) is 4.79 Å². The molecule has 3 nitrogen and oxygen atoms in total. The van der Waals surface area contributed by atoms with Crippen LogP contribution in [-0.4, -0.2) is 24.5 Å². The average molecular weight is 342 g/mol. The Morgan fingerprint density at radius 3 is 2.16 bits per heavy atom. The number of carbonyl (C=O) groups excluding carboxylic acids is 1. The molecule has 0 spiro atoms. The normalized spacial score (nSPS) is 35.4. The molecule has 4 fully saturated rings. The number of benzene rings is 1. The van der Waals surface area contributed by atoms with Crippen molar-refractivity contribution in [3.63, 3.8) is 0 Å². The lowest BCUT2D eigenvalue weighted by Crippen LogP contribution is -3.12. The van der Waals surface area contributed by atoms with Crippen LogP contribution in [0.25, 0.3) is 0 Å². The Morgan fingerprint density at radius 2 is 1.64 bits per heavy atom. The zero-order valence-corrected chi connectivity index (χ0v) is 16.0. The van der Waals surface area contributed by atoms with Crippen molar-refractivity contribution in [3.05, 3.63) is 35.4 Å². The SMILES string of the molecule is Cc1ccc(C[NH+](C)[C@@H](C)C(=O)NC23CC4CC(CC(C4)C2)C3)cc1. The molecular weight excluding hydrogens is 308 g/mol. The highest BCUT2D eigenvalue weighted by molar-refractivity contribution is 5.80. The zero-order valence-electron chi connectivity index (χ0n) is 16.0. The highest BCUT2D eigenvalue weighted by Crippen LogP contribution is 2.55. The van der Waals surface area contributed by atoms with E-state index in [1.165, 1.54) is 54.6 Å². The third-order valence-electron chi connectivity index (χ3n) is 7.16. The fourth-order valence-electron chi connectivity index (χ4n) is 6.04. The van der Waals surface area contributed by atoms with E-state index in [-0.39, 0.29) is 17.5 Å². The zero-order chi connectivity index (χ0) is 17.6. The predicted molar refractivity (Wildman–Crippen MR) is 100 cm³/mol. The molecule has 1 unspecified atom stereocenters. The van der Waals surface area contributed by atoms with Gasteiger partial charge in [-0.05, 0) is 70.1 Å². The van der Waals surface area contributed by atoms with Crippen LogP contribution in [0.1, 0.15) is 56.6 Å². The minimum atomic E-state index is -0.00527. The fraction of sp³-hybridized carbons (Fsp3) is 0.682. The number of hydrogen-bond donors (Lipinski definition) is 2. The molecule has 2 atom stereocenters. The molecule has 4 saturated carbocycles. The van der Waals surface area contributed by atoms with Crippen LogP contribution in [0, 0.1) is 24.7 Å². The monoisotopic (exact) mass is 341 g/mol. The second-order valence-electron chi connectivity index (χ2n) is 9.42. The molecule has 4 aliphatic carbocycles. The lowest BCUT2D eigenvalue weighted by Gasteiger charge is -2.57. The molecule has 1 amide bonds. The molecule has 4 aliphatic rings. The summed E-state index contributed by atoms with van der Waals surface area (Å²) in [5.41, 5.74) is 2.72. The molecular formula is C22H33N2O+. The Labute approximate surface area is 152 Å². The van der Waals surface area contributed by atoms with Crippen molar-refractivity contribution in [1.82, 2.24) is 5.32 Å². The molecule has 0 aromatic heterocycles. The van der Waals surface area contributed by atoms with Crippen LogP contribution in [0.2, 0.25) is 0 Å². The van der Waals surface area contributed by atoms with Gasteiger partial charge in [-0.2, -0.15) is 0 Å². The summed E-state index contributed by atoms with van der Waals surface area (Å²) < 4.78 is 0. The summed E-state index contributed by atoms with van der Waals surface area (Å²) in [6.45, 7) is 5.09. The molecule has 1 aromatic carbocycles. The average Bonchev–Trinajstić information content (AvgIpc) is 2.54. The molecule has 3 heteroatoms. The first-order valence-corrected chi connectivity index (χ1v) is 10.1. The fourth-order valence-corrected chi connectivity index (χ4v) is 6.04. The van der Waals surface area contributed by atoms with Crippen molar-refractivity contribution in [2.24, 2.45) is 17.8 Å². The van der Waals surface area contributed by atoms with E-state index in [4.69, 9.17) is 0 Å². The maximum atomic E-state index is 13.0. The minimum absolute atomic E-state index is 0.00527. The van der Waals surface area contributed by atoms with Gasteiger partial charge in [0.15, 0.2) is 6.04 Å². The van der Waals surface area contributed by atoms with Crippen molar-refractivity contribution < 1.29 is 9.69 Å². The van der Waals surface area contributed by atoms with Gasteiger partial charge >= 0.3 is 0 Å². The molecule has 2 N–H and O–H groups in total. The molecule has 4 bridgehead atoms. The van der Waals surface area contributed by atoms with Gasteiger partial charge in [0.25, 0.3) is 5.91 Å². The number of nitrogens with one attached hydrogen (secondary N) is 2. The summed E-state index contributed by atoms with van der Waals surface area (Å²) >= 11 is 0. The predicted octanol–water partition coefficient (Wildman–Crippen LogP) is 2.48. The second kappa shape index (κ2) is 6.42. The van der Waals surface area contributed by atoms with Crippen LogP contribution in [-0.2, 0) is 11.3 Å². The molecule has 1 aromatic rings. The smallest absolute Gasteiger partial charge is 0.278 e. The summed E-state index contributed by atoms with van der Waals surface area (Å²) in [6, 6.07) is 8.67. The van der Waals surface area contributed by atoms with E-state index in [1.807, 2.05) is 0 Å². The first-order chi connectivity index (χ1) is 11.9. The number of hydrogen-bond acceptors (Lipinski definition) is 1. The van der Waals surface area contributed by atoms with Gasteiger partial charge in [-0.15, -0.1) is 0 Å². The van der Waals surface area contributed by atoms with Crippen molar-refractivity contribution >= 4 is 5.91 Å². The second-order valence-corrected chi connectivity index (χ2v) is 9.42. The first kappa shape index (κ1) is 17.1. The molecule has 0 saturated heterocycles. The Kier molecular flexibility index (Phi) is 4.39. The summed E-state index contributed by atoms with van der Waals surface area (Å²) in [4.78, 5) is 14.3. The number of rotatable bonds is 5. The molecule has 25 heavy (non-hydrogen) atoms. The number of quaternary nitrogens is 1. The largest absolute Gasteiger partial charge is 0.345 e. The molecule has 0 heterocycles. The van der Waals surface area contributed by atoms with E-state index >= 15 is 0 Å². The lowest BCUT2D eigenvalue weighted by molar-refractivity contribution is -0.908. The van der Waals surface area contributed by atoms with Crippen LogP contribution in [0.4, 0.5) is 0 Å². The number of carbonyl (C=O) groups is 1. The van der Waals surface area contributed by atoms with Gasteiger partial charge in [-0.1, -0.05) is 29.8 Å². The summed E-state index contributed by atoms with van der Waals surface area (Å²) in [7, 11) is 2.14. The van der Waals surface area contributed by atoms with Gasteiger partial charge in [0.1, 0.15) is 6.54 Å². The van der Waals surface area contributed by atoms with Crippen LogP contribution in [0.15, 0.2) is 24.3 Å². The lowest BCUT2D eigenvalue weighted by atomic mass is 9.53. The summed E-state index contributed by atoms with van der Waals surface area (Å²) in [6.07, 6.45) is 7.95.